The molecule has 1 fully saturated rings. The van der Waals surface area contributed by atoms with Crippen LogP contribution < -0.4 is 5.32 Å². The Balaban J connectivity index is 1.40. The van der Waals surface area contributed by atoms with Crippen LogP contribution in [0.15, 0.2) is 47.6 Å². The lowest BCUT2D eigenvalue weighted by molar-refractivity contribution is -0.121. The van der Waals surface area contributed by atoms with Gasteiger partial charge >= 0.3 is 0 Å². The summed E-state index contributed by atoms with van der Waals surface area (Å²) in [5.41, 5.74) is 1.36. The van der Waals surface area contributed by atoms with E-state index in [-0.39, 0.29) is 28.9 Å². The molecule has 2 aromatic heterocycles. The number of halogens is 1. The van der Waals surface area contributed by atoms with E-state index in [4.69, 9.17) is 16.9 Å². The molecule has 1 amide bonds. The van der Waals surface area contributed by atoms with Crippen LogP contribution in [0.1, 0.15) is 12.5 Å². The molecule has 3 aromatic rings. The lowest BCUT2D eigenvalue weighted by Crippen LogP contribution is -2.53. The highest BCUT2D eigenvalue weighted by Gasteiger charge is 2.33. The number of amides is 1. The number of carbonyl (C=O) groups excluding carboxylic acids is 1. The molecule has 1 atom stereocenters. The summed E-state index contributed by atoms with van der Waals surface area (Å²) in [6.45, 7) is 3.16. The van der Waals surface area contributed by atoms with E-state index < -0.39 is 16.1 Å². The molecule has 0 saturated carbocycles. The zero-order valence-electron chi connectivity index (χ0n) is 17.2. The number of aromatic nitrogens is 2. The predicted molar refractivity (Wildman–Crippen MR) is 121 cm³/mol. The second kappa shape index (κ2) is 8.88. The molecule has 9 nitrogen and oxygen atoms in total. The average molecular weight is 473 g/mol. The molecule has 3 heterocycles. The van der Waals surface area contributed by atoms with Crippen LogP contribution in [0.5, 0.6) is 0 Å². The van der Waals surface area contributed by atoms with Crippen LogP contribution in [0, 0.1) is 11.3 Å². The Morgan fingerprint density at radius 2 is 2.03 bits per heavy atom. The summed E-state index contributed by atoms with van der Waals surface area (Å²) < 4.78 is 27.7. The van der Waals surface area contributed by atoms with Crippen LogP contribution in [0.4, 0.5) is 5.69 Å². The standard InChI is InChI=1S/C21H21ClN6O3S/c1-14(21(29)26-16-5-4-15(12-23)18(22)11-16)27-7-9-28(10-8-27)32(30,31)19-13-25-20-17(19)3-2-6-24-20/h2-6,11,13-14H,7-10H2,1H3,(H,24,25)(H,26,29). The number of rotatable bonds is 5. The monoisotopic (exact) mass is 472 g/mol. The first kappa shape index (κ1) is 22.2. The van der Waals surface area contributed by atoms with Crippen LogP contribution in [0.25, 0.3) is 11.0 Å². The number of hydrogen-bond acceptors (Lipinski definition) is 6. The molecule has 0 bridgehead atoms. The average Bonchev–Trinajstić information content (AvgIpc) is 3.24. The van der Waals surface area contributed by atoms with Gasteiger partial charge in [-0.2, -0.15) is 9.57 Å². The predicted octanol–water partition coefficient (Wildman–Crippen LogP) is 2.42. The normalized spacial score (nSPS) is 16.5. The van der Waals surface area contributed by atoms with E-state index >= 15 is 0 Å². The molecule has 0 radical (unpaired) electrons. The Kier molecular flexibility index (Phi) is 6.17. The Hall–Kier alpha value is -2.97. The largest absolute Gasteiger partial charge is 0.345 e. The SMILES string of the molecule is CC(C(=O)Nc1ccc(C#N)c(Cl)c1)N1CCN(S(=O)(=O)c2c[nH]c3ncccc23)CC1. The molecule has 1 saturated heterocycles. The van der Waals surface area contributed by atoms with Crippen molar-refractivity contribution < 1.29 is 13.2 Å². The van der Waals surface area contributed by atoms with Gasteiger partial charge in [0.15, 0.2) is 0 Å². The molecule has 0 spiro atoms. The first-order valence-electron chi connectivity index (χ1n) is 9.98. The summed E-state index contributed by atoms with van der Waals surface area (Å²) in [7, 11) is -3.68. The van der Waals surface area contributed by atoms with Gasteiger partial charge in [-0.05, 0) is 37.3 Å². The van der Waals surface area contributed by atoms with Gasteiger partial charge in [0.25, 0.3) is 0 Å². The Bertz CT molecular complexity index is 1310. The molecule has 1 unspecified atom stereocenters. The third kappa shape index (κ3) is 4.20. The van der Waals surface area contributed by atoms with Crippen molar-refractivity contribution in [3.8, 4) is 6.07 Å². The number of nitriles is 1. The number of sulfonamides is 1. The zero-order valence-corrected chi connectivity index (χ0v) is 18.8. The van der Waals surface area contributed by atoms with Crippen molar-refractivity contribution in [2.75, 3.05) is 31.5 Å². The molecular weight excluding hydrogens is 452 g/mol. The second-order valence-corrected chi connectivity index (χ2v) is 9.78. The summed E-state index contributed by atoms with van der Waals surface area (Å²) in [5.74, 6) is -0.232. The van der Waals surface area contributed by atoms with Gasteiger partial charge in [-0.3, -0.25) is 9.69 Å². The van der Waals surface area contributed by atoms with Gasteiger partial charge < -0.3 is 10.3 Å². The molecule has 1 aliphatic rings. The van der Waals surface area contributed by atoms with Crippen molar-refractivity contribution in [1.29, 1.82) is 5.26 Å². The Morgan fingerprint density at radius 1 is 1.28 bits per heavy atom. The van der Waals surface area contributed by atoms with Gasteiger partial charge in [-0.1, -0.05) is 11.6 Å². The number of hydrogen-bond donors (Lipinski definition) is 2. The van der Waals surface area contributed by atoms with Crippen molar-refractivity contribution in [3.05, 3.63) is 53.3 Å². The third-order valence-corrected chi connectivity index (χ3v) is 7.84. The van der Waals surface area contributed by atoms with E-state index in [1.807, 2.05) is 11.0 Å². The molecule has 4 rings (SSSR count). The maximum Gasteiger partial charge on any atom is 0.245 e. The quantitative estimate of drug-likeness (QED) is 0.588. The van der Waals surface area contributed by atoms with Gasteiger partial charge in [-0.25, -0.2) is 13.4 Å². The molecule has 32 heavy (non-hydrogen) atoms. The smallest absolute Gasteiger partial charge is 0.245 e. The third-order valence-electron chi connectivity index (χ3n) is 5.59. The topological polar surface area (TPSA) is 122 Å². The molecular formula is C21H21ClN6O3S. The van der Waals surface area contributed by atoms with Gasteiger partial charge in [0.2, 0.25) is 15.9 Å². The highest BCUT2D eigenvalue weighted by Crippen LogP contribution is 2.26. The second-order valence-electron chi connectivity index (χ2n) is 7.46. The van der Waals surface area contributed by atoms with Crippen molar-refractivity contribution in [1.82, 2.24) is 19.2 Å². The maximum absolute atomic E-state index is 13.1. The number of fused-ring (bicyclic) bond motifs is 1. The van der Waals surface area contributed by atoms with E-state index in [9.17, 15) is 13.2 Å². The highest BCUT2D eigenvalue weighted by molar-refractivity contribution is 7.89. The first-order valence-corrected chi connectivity index (χ1v) is 11.8. The van der Waals surface area contributed by atoms with Crippen LogP contribution >= 0.6 is 11.6 Å². The number of benzene rings is 1. The number of pyridine rings is 1. The van der Waals surface area contributed by atoms with E-state index in [0.717, 1.165) is 0 Å². The fraction of sp³-hybridized carbons (Fsp3) is 0.286. The van der Waals surface area contributed by atoms with Crippen molar-refractivity contribution >= 4 is 44.3 Å². The molecule has 0 aliphatic carbocycles. The van der Waals surface area contributed by atoms with Gasteiger partial charge in [0, 0.05) is 49.6 Å². The maximum atomic E-state index is 13.1. The fourth-order valence-electron chi connectivity index (χ4n) is 3.71. The number of aromatic amines is 1. The first-order chi connectivity index (χ1) is 15.3. The number of piperazine rings is 1. The van der Waals surface area contributed by atoms with E-state index in [1.54, 1.807) is 37.4 Å². The molecule has 2 N–H and O–H groups in total. The molecule has 1 aliphatic heterocycles. The van der Waals surface area contributed by atoms with Gasteiger partial charge in [0.1, 0.15) is 16.6 Å². The molecule has 166 valence electrons. The summed E-state index contributed by atoms with van der Waals surface area (Å²) in [6, 6.07) is 9.64. The summed E-state index contributed by atoms with van der Waals surface area (Å²) in [6.07, 6.45) is 3.07. The Labute approximate surface area is 190 Å². The van der Waals surface area contributed by atoms with E-state index in [1.165, 1.54) is 16.6 Å². The number of H-pyrrole nitrogens is 1. The minimum absolute atomic E-state index is 0.206. The lowest BCUT2D eigenvalue weighted by atomic mass is 10.2. The van der Waals surface area contributed by atoms with Gasteiger partial charge in [-0.15, -0.1) is 0 Å². The minimum Gasteiger partial charge on any atom is -0.345 e. The minimum atomic E-state index is -3.68. The molecule has 1 aromatic carbocycles. The summed E-state index contributed by atoms with van der Waals surface area (Å²) in [5, 5.41) is 12.6. The molecule has 11 heteroatoms. The fourth-order valence-corrected chi connectivity index (χ4v) is 5.51. The number of carbonyl (C=O) groups is 1. The van der Waals surface area contributed by atoms with Crippen molar-refractivity contribution in [3.63, 3.8) is 0 Å². The van der Waals surface area contributed by atoms with Crippen LogP contribution in [-0.4, -0.2) is 65.7 Å². The number of nitrogens with zero attached hydrogens (tertiary/aromatic N) is 4. The van der Waals surface area contributed by atoms with Crippen molar-refractivity contribution in [2.24, 2.45) is 0 Å². The lowest BCUT2D eigenvalue weighted by Gasteiger charge is -2.36. The zero-order chi connectivity index (χ0) is 22.9. The van der Waals surface area contributed by atoms with Crippen molar-refractivity contribution in [2.45, 2.75) is 17.9 Å². The van der Waals surface area contributed by atoms with Crippen LogP contribution in [0.3, 0.4) is 0 Å². The van der Waals surface area contributed by atoms with Gasteiger partial charge in [0.05, 0.1) is 16.6 Å². The number of anilines is 1. The summed E-state index contributed by atoms with van der Waals surface area (Å²) in [4.78, 5) is 21.9. The van der Waals surface area contributed by atoms with Crippen LogP contribution in [-0.2, 0) is 14.8 Å². The number of nitrogens with one attached hydrogen (secondary N) is 2. The van der Waals surface area contributed by atoms with E-state index in [0.29, 0.717) is 35.4 Å². The van der Waals surface area contributed by atoms with Crippen LogP contribution in [0.2, 0.25) is 5.02 Å². The Morgan fingerprint density at radius 3 is 2.72 bits per heavy atom. The highest BCUT2D eigenvalue weighted by atomic mass is 35.5. The summed E-state index contributed by atoms with van der Waals surface area (Å²) >= 11 is 6.03. The van der Waals surface area contributed by atoms with E-state index in [2.05, 4.69) is 15.3 Å².